The van der Waals surface area contributed by atoms with Crippen molar-refractivity contribution in [3.8, 4) is 0 Å². The van der Waals surface area contributed by atoms with E-state index in [9.17, 15) is 4.79 Å². The Kier molecular flexibility index (Phi) is 5.63. The van der Waals surface area contributed by atoms with Gasteiger partial charge in [-0.05, 0) is 32.8 Å². The second-order valence-electron chi connectivity index (χ2n) is 5.36. The molecule has 3 aromatic heterocycles. The van der Waals surface area contributed by atoms with Gasteiger partial charge in [0.05, 0.1) is 10.6 Å². The number of thioether (sulfide) groups is 2. The summed E-state index contributed by atoms with van der Waals surface area (Å²) in [4.78, 5) is 21.9. The van der Waals surface area contributed by atoms with Gasteiger partial charge in [-0.2, -0.15) is 0 Å². The van der Waals surface area contributed by atoms with Gasteiger partial charge in [0.25, 0.3) is 5.56 Å². The van der Waals surface area contributed by atoms with Crippen LogP contribution < -0.4 is 5.56 Å². The molecule has 9 heteroatoms. The predicted octanol–water partition coefficient (Wildman–Crippen LogP) is 4.81. The maximum atomic E-state index is 12.4. The summed E-state index contributed by atoms with van der Waals surface area (Å²) in [7, 11) is 0. The lowest BCUT2D eigenvalue weighted by Crippen LogP contribution is -2.12. The molecule has 0 spiro atoms. The maximum Gasteiger partial charge on any atom is 0.259 e. The predicted molar refractivity (Wildman–Crippen MR) is 105 cm³/mol. The molecule has 0 aliphatic heterocycles. The zero-order valence-electron chi connectivity index (χ0n) is 13.9. The number of aryl methyl sites for hydroxylation is 2. The van der Waals surface area contributed by atoms with Crippen LogP contribution in [-0.2, 0) is 0 Å². The largest absolute Gasteiger partial charge is 0.309 e. The summed E-state index contributed by atoms with van der Waals surface area (Å²) in [6, 6.07) is 0. The normalized spacial score (nSPS) is 12.8. The van der Waals surface area contributed by atoms with E-state index in [1.165, 1.54) is 0 Å². The lowest BCUT2D eigenvalue weighted by atomic mass is 10.2. The first kappa shape index (κ1) is 17.9. The molecule has 0 amide bonds. The highest BCUT2D eigenvalue weighted by Gasteiger charge is 2.17. The molecule has 1 atom stereocenters. The summed E-state index contributed by atoms with van der Waals surface area (Å²) in [5.41, 5.74) is 0.970. The first-order valence-corrected chi connectivity index (χ1v) is 11.1. The number of aromatic nitrogens is 4. The number of H-pyrrole nitrogens is 1. The molecule has 3 aromatic rings. The quantitative estimate of drug-likeness (QED) is 0.601. The molecule has 0 unspecified atom stereocenters. The third-order valence-corrected chi connectivity index (χ3v) is 8.09. The van der Waals surface area contributed by atoms with Crippen molar-refractivity contribution in [2.75, 3.05) is 5.75 Å². The SMILES string of the molecule is CCCSc1nnc(S[C@H](C)c2nc3sc(C)c(C)c3c(=O)[nH]2)s1. The maximum absolute atomic E-state index is 12.4. The average Bonchev–Trinajstić information content (AvgIpc) is 3.10. The van der Waals surface area contributed by atoms with E-state index in [0.29, 0.717) is 11.2 Å². The van der Waals surface area contributed by atoms with E-state index >= 15 is 0 Å². The highest BCUT2D eigenvalue weighted by atomic mass is 32.2. The molecule has 0 bridgehead atoms. The minimum atomic E-state index is -0.0549. The second-order valence-corrected chi connectivity index (χ2v) is 10.5. The Bertz CT molecular complexity index is 914. The first-order chi connectivity index (χ1) is 11.5. The van der Waals surface area contributed by atoms with Crippen LogP contribution in [0.15, 0.2) is 13.5 Å². The molecule has 0 fully saturated rings. The summed E-state index contributed by atoms with van der Waals surface area (Å²) >= 11 is 6.49. The van der Waals surface area contributed by atoms with E-state index in [1.807, 2.05) is 20.8 Å². The zero-order valence-corrected chi connectivity index (χ0v) is 17.1. The molecular weight excluding hydrogens is 380 g/mol. The number of aromatic amines is 1. The molecule has 128 valence electrons. The van der Waals surface area contributed by atoms with Crippen molar-refractivity contribution in [1.29, 1.82) is 0 Å². The van der Waals surface area contributed by atoms with E-state index in [1.54, 1.807) is 46.2 Å². The van der Waals surface area contributed by atoms with Crippen LogP contribution >= 0.6 is 46.2 Å². The molecule has 0 aromatic carbocycles. The van der Waals surface area contributed by atoms with Gasteiger partial charge < -0.3 is 4.98 Å². The summed E-state index contributed by atoms with van der Waals surface area (Å²) in [6.45, 7) is 8.18. The van der Waals surface area contributed by atoms with Crippen molar-refractivity contribution < 1.29 is 0 Å². The Labute approximate surface area is 156 Å². The molecular formula is C15H18N4OS4. The van der Waals surface area contributed by atoms with Gasteiger partial charge in [-0.1, -0.05) is 41.8 Å². The highest BCUT2D eigenvalue weighted by Crippen LogP contribution is 2.37. The van der Waals surface area contributed by atoms with E-state index in [2.05, 4.69) is 27.1 Å². The van der Waals surface area contributed by atoms with Crippen LogP contribution in [-0.4, -0.2) is 25.9 Å². The Morgan fingerprint density at radius 3 is 2.71 bits per heavy atom. The number of thiophene rings is 1. The van der Waals surface area contributed by atoms with Crippen molar-refractivity contribution in [2.24, 2.45) is 0 Å². The summed E-state index contributed by atoms with van der Waals surface area (Å²) in [5.74, 6) is 1.74. The highest BCUT2D eigenvalue weighted by molar-refractivity contribution is 8.03. The lowest BCUT2D eigenvalue weighted by Gasteiger charge is -2.07. The Morgan fingerprint density at radius 2 is 1.96 bits per heavy atom. The van der Waals surface area contributed by atoms with Gasteiger partial charge in [0.2, 0.25) is 0 Å². The lowest BCUT2D eigenvalue weighted by molar-refractivity contribution is 0.912. The number of fused-ring (bicyclic) bond motifs is 1. The fourth-order valence-electron chi connectivity index (χ4n) is 2.16. The van der Waals surface area contributed by atoms with Gasteiger partial charge in [-0.25, -0.2) is 4.98 Å². The molecule has 1 N–H and O–H groups in total. The van der Waals surface area contributed by atoms with Crippen molar-refractivity contribution in [1.82, 2.24) is 20.2 Å². The second kappa shape index (κ2) is 7.55. The van der Waals surface area contributed by atoms with E-state index in [-0.39, 0.29) is 10.8 Å². The van der Waals surface area contributed by atoms with E-state index < -0.39 is 0 Å². The van der Waals surface area contributed by atoms with Crippen LogP contribution in [0.5, 0.6) is 0 Å². The molecule has 0 radical (unpaired) electrons. The van der Waals surface area contributed by atoms with Crippen molar-refractivity contribution >= 4 is 56.4 Å². The topological polar surface area (TPSA) is 71.5 Å². The number of rotatable bonds is 6. The number of hydrogen-bond acceptors (Lipinski definition) is 8. The first-order valence-electron chi connectivity index (χ1n) is 7.62. The summed E-state index contributed by atoms with van der Waals surface area (Å²) < 4.78 is 1.90. The van der Waals surface area contributed by atoms with Crippen molar-refractivity contribution in [2.45, 2.75) is 48.0 Å². The van der Waals surface area contributed by atoms with Crippen LogP contribution in [0, 0.1) is 13.8 Å². The molecule has 24 heavy (non-hydrogen) atoms. The van der Waals surface area contributed by atoms with Crippen LogP contribution in [0.1, 0.15) is 41.8 Å². The third kappa shape index (κ3) is 3.68. The Hall–Kier alpha value is -0.900. The average molecular weight is 399 g/mol. The van der Waals surface area contributed by atoms with Crippen molar-refractivity contribution in [3.05, 3.63) is 26.6 Å². The van der Waals surface area contributed by atoms with Gasteiger partial charge in [0.15, 0.2) is 8.68 Å². The van der Waals surface area contributed by atoms with E-state index in [4.69, 9.17) is 0 Å². The van der Waals surface area contributed by atoms with Gasteiger partial charge in [-0.3, -0.25) is 4.79 Å². The van der Waals surface area contributed by atoms with Crippen LogP contribution in [0.3, 0.4) is 0 Å². The number of hydrogen-bond donors (Lipinski definition) is 1. The number of nitrogens with zero attached hydrogens (tertiary/aromatic N) is 3. The van der Waals surface area contributed by atoms with Crippen LogP contribution in [0.2, 0.25) is 0 Å². The number of nitrogens with one attached hydrogen (secondary N) is 1. The molecule has 0 saturated heterocycles. The van der Waals surface area contributed by atoms with Gasteiger partial charge in [-0.15, -0.1) is 21.5 Å². The summed E-state index contributed by atoms with van der Waals surface area (Å²) in [5, 5.41) is 9.17. The molecule has 3 rings (SSSR count). The molecule has 0 aliphatic rings. The fraction of sp³-hybridized carbons (Fsp3) is 0.467. The van der Waals surface area contributed by atoms with Crippen LogP contribution in [0.4, 0.5) is 0 Å². The standard InChI is InChI=1S/C15H18N4OS4/c1-5-6-21-14-18-19-15(24-14)23-9(4)11-16-12(20)10-7(2)8(3)22-13(10)17-11/h9H,5-6H2,1-4H3,(H,16,17,20)/t9-/m1/s1. The molecule has 0 aliphatic carbocycles. The van der Waals surface area contributed by atoms with E-state index in [0.717, 1.165) is 36.1 Å². The molecule has 0 saturated carbocycles. The molecule has 3 heterocycles. The fourth-order valence-corrected chi connectivity index (χ4v) is 6.35. The monoisotopic (exact) mass is 398 g/mol. The van der Waals surface area contributed by atoms with Crippen molar-refractivity contribution in [3.63, 3.8) is 0 Å². The summed E-state index contributed by atoms with van der Waals surface area (Å²) in [6.07, 6.45) is 1.12. The minimum absolute atomic E-state index is 0.0155. The smallest absolute Gasteiger partial charge is 0.259 e. The zero-order chi connectivity index (χ0) is 17.3. The van der Waals surface area contributed by atoms with Gasteiger partial charge >= 0.3 is 0 Å². The van der Waals surface area contributed by atoms with Crippen LogP contribution in [0.25, 0.3) is 10.2 Å². The van der Waals surface area contributed by atoms with Gasteiger partial charge in [0, 0.05) is 10.6 Å². The van der Waals surface area contributed by atoms with Gasteiger partial charge in [0.1, 0.15) is 10.7 Å². The third-order valence-electron chi connectivity index (χ3n) is 3.54. The minimum Gasteiger partial charge on any atom is -0.309 e. The Balaban J connectivity index is 1.82. The Morgan fingerprint density at radius 1 is 1.21 bits per heavy atom. The molecule has 5 nitrogen and oxygen atoms in total.